The predicted molar refractivity (Wildman–Crippen MR) is 216 cm³/mol. The van der Waals surface area contributed by atoms with E-state index in [1.807, 2.05) is 36.4 Å². The molecule has 1 aromatic heterocycles. The van der Waals surface area contributed by atoms with E-state index in [1.54, 1.807) is 44.8 Å². The molecule has 4 aromatic rings. The Morgan fingerprint density at radius 2 is 1.70 bits per heavy atom. The van der Waals surface area contributed by atoms with E-state index < -0.39 is 36.8 Å². The molecule has 0 saturated carbocycles. The maximum atomic E-state index is 13.4. The SMILES string of the molecule is COc1cc(N2CCC(NC(=O)CCc3cccc4c3C(=O)N(C3CCC(=O)NC3=O)C4=O)CC2)ccc1Cc1ncc(Cl)c(Cc2ccccc2P(C)(C)=O)n1. The second kappa shape index (κ2) is 16.6. The van der Waals surface area contributed by atoms with E-state index in [0.29, 0.717) is 40.7 Å². The molecule has 5 amide bonds. The minimum atomic E-state index is -2.50. The van der Waals surface area contributed by atoms with Gasteiger partial charge in [0.2, 0.25) is 17.7 Å². The van der Waals surface area contributed by atoms with Crippen LogP contribution in [0.1, 0.15) is 81.0 Å². The highest BCUT2D eigenvalue weighted by molar-refractivity contribution is 7.70. The highest BCUT2D eigenvalue weighted by Gasteiger charge is 2.45. The molecule has 0 aliphatic carbocycles. The smallest absolute Gasteiger partial charge is 0.262 e. The lowest BCUT2D eigenvalue weighted by Crippen LogP contribution is -2.54. The molecule has 2 saturated heterocycles. The first-order valence-corrected chi connectivity index (χ1v) is 22.0. The number of ether oxygens (including phenoxy) is 1. The minimum absolute atomic E-state index is 0.0209. The predicted octanol–water partition coefficient (Wildman–Crippen LogP) is 4.69. The van der Waals surface area contributed by atoms with Crippen molar-refractivity contribution in [2.45, 2.75) is 63.5 Å². The molecular formula is C42H44ClN6O7P. The number of anilines is 1. The van der Waals surface area contributed by atoms with Crippen molar-refractivity contribution in [3.63, 3.8) is 0 Å². The quantitative estimate of drug-likeness (QED) is 0.151. The summed E-state index contributed by atoms with van der Waals surface area (Å²) >= 11 is 6.53. The van der Waals surface area contributed by atoms with Crippen molar-refractivity contribution in [3.05, 3.63) is 111 Å². The molecule has 3 aliphatic heterocycles. The molecule has 2 N–H and O–H groups in total. The van der Waals surface area contributed by atoms with Gasteiger partial charge in [-0.05, 0) is 62.3 Å². The van der Waals surface area contributed by atoms with E-state index >= 15 is 0 Å². The zero-order valence-electron chi connectivity index (χ0n) is 32.0. The molecule has 2 fully saturated rings. The third kappa shape index (κ3) is 8.65. The average molecular weight is 811 g/mol. The highest BCUT2D eigenvalue weighted by Crippen LogP contribution is 2.37. The van der Waals surface area contributed by atoms with Crippen LogP contribution >= 0.6 is 18.7 Å². The van der Waals surface area contributed by atoms with Crippen LogP contribution in [0.15, 0.2) is 66.9 Å². The lowest BCUT2D eigenvalue weighted by Gasteiger charge is -2.34. The number of nitrogens with zero attached hydrogens (tertiary/aromatic N) is 4. The van der Waals surface area contributed by atoms with E-state index in [9.17, 15) is 28.5 Å². The van der Waals surface area contributed by atoms with Gasteiger partial charge in [-0.3, -0.25) is 34.2 Å². The van der Waals surface area contributed by atoms with Gasteiger partial charge >= 0.3 is 0 Å². The molecule has 0 bridgehead atoms. The van der Waals surface area contributed by atoms with Crippen molar-refractivity contribution >= 4 is 59.3 Å². The van der Waals surface area contributed by atoms with Crippen molar-refractivity contribution in [2.24, 2.45) is 0 Å². The molecule has 0 spiro atoms. The molecular weight excluding hydrogens is 767 g/mol. The van der Waals surface area contributed by atoms with E-state index in [1.165, 1.54) is 0 Å². The average Bonchev–Trinajstić information content (AvgIpc) is 3.44. The van der Waals surface area contributed by atoms with Gasteiger partial charge in [-0.25, -0.2) is 9.97 Å². The number of hydrogen-bond acceptors (Lipinski definition) is 10. The zero-order chi connectivity index (χ0) is 40.4. The Hall–Kier alpha value is -5.39. The lowest BCUT2D eigenvalue weighted by molar-refractivity contribution is -0.136. The second-order valence-corrected chi connectivity index (χ2v) is 18.6. The van der Waals surface area contributed by atoms with E-state index in [4.69, 9.17) is 21.3 Å². The Kier molecular flexibility index (Phi) is 11.6. The number of hydrogen-bond donors (Lipinski definition) is 2. The Morgan fingerprint density at radius 1 is 0.947 bits per heavy atom. The maximum absolute atomic E-state index is 13.4. The molecule has 15 heteroatoms. The summed E-state index contributed by atoms with van der Waals surface area (Å²) in [4.78, 5) is 76.3. The number of carbonyl (C=O) groups is 5. The number of carbonyl (C=O) groups excluding carboxylic acids is 5. The van der Waals surface area contributed by atoms with Crippen molar-refractivity contribution in [1.29, 1.82) is 0 Å². The summed E-state index contributed by atoms with van der Waals surface area (Å²) in [6.07, 6.45) is 4.45. The van der Waals surface area contributed by atoms with Crippen LogP contribution < -0.4 is 25.6 Å². The molecule has 13 nitrogen and oxygen atoms in total. The Balaban J connectivity index is 0.931. The topological polar surface area (TPSA) is 168 Å². The van der Waals surface area contributed by atoms with Gasteiger partial charge < -0.3 is 19.5 Å². The Morgan fingerprint density at radius 3 is 2.44 bits per heavy atom. The fourth-order valence-corrected chi connectivity index (χ4v) is 9.34. The molecule has 3 aromatic carbocycles. The van der Waals surface area contributed by atoms with Crippen LogP contribution in [0.3, 0.4) is 0 Å². The Labute approximate surface area is 335 Å². The number of benzene rings is 3. The summed E-state index contributed by atoms with van der Waals surface area (Å²) in [5.41, 5.74) is 4.50. The molecule has 1 unspecified atom stereocenters. The number of halogens is 1. The summed E-state index contributed by atoms with van der Waals surface area (Å²) in [6, 6.07) is 17.6. The van der Waals surface area contributed by atoms with Gasteiger partial charge in [0, 0.05) is 73.6 Å². The minimum Gasteiger partial charge on any atom is -0.496 e. The number of piperidine rings is 2. The number of amides is 5. The third-order valence-corrected chi connectivity index (χ3v) is 12.7. The second-order valence-electron chi connectivity index (χ2n) is 15.0. The van der Waals surface area contributed by atoms with Crippen LogP contribution in [0.5, 0.6) is 5.75 Å². The van der Waals surface area contributed by atoms with Crippen molar-refractivity contribution < 1.29 is 33.3 Å². The van der Waals surface area contributed by atoms with Gasteiger partial charge in [-0.2, -0.15) is 0 Å². The van der Waals surface area contributed by atoms with Crippen molar-refractivity contribution in [2.75, 3.05) is 38.4 Å². The van der Waals surface area contributed by atoms with Gasteiger partial charge in [0.25, 0.3) is 11.8 Å². The molecule has 7 rings (SSSR count). The Bertz CT molecular complexity index is 2320. The lowest BCUT2D eigenvalue weighted by atomic mass is 9.98. The normalized spacial score (nSPS) is 17.4. The van der Waals surface area contributed by atoms with E-state index in [0.717, 1.165) is 52.9 Å². The summed E-state index contributed by atoms with van der Waals surface area (Å²) in [7, 11) is -0.865. The van der Waals surface area contributed by atoms with Crippen molar-refractivity contribution in [1.82, 2.24) is 25.5 Å². The van der Waals surface area contributed by atoms with Crippen molar-refractivity contribution in [3.8, 4) is 5.75 Å². The van der Waals surface area contributed by atoms with Crippen LogP contribution in [-0.2, 0) is 38.2 Å². The number of aryl methyl sites for hydroxylation is 1. The maximum Gasteiger partial charge on any atom is 0.262 e. The first kappa shape index (κ1) is 39.8. The van der Waals surface area contributed by atoms with Gasteiger partial charge in [0.05, 0.1) is 29.0 Å². The number of aromatic nitrogens is 2. The molecule has 4 heterocycles. The van der Waals surface area contributed by atoms with Gasteiger partial charge in [0.15, 0.2) is 0 Å². The van der Waals surface area contributed by atoms with Crippen LogP contribution in [0.2, 0.25) is 5.02 Å². The third-order valence-electron chi connectivity index (χ3n) is 10.8. The zero-order valence-corrected chi connectivity index (χ0v) is 33.7. The van der Waals surface area contributed by atoms with Crippen LogP contribution in [0, 0.1) is 0 Å². The number of rotatable bonds is 12. The van der Waals surface area contributed by atoms with Crippen LogP contribution in [0.4, 0.5) is 5.69 Å². The molecule has 1 atom stereocenters. The molecule has 57 heavy (non-hydrogen) atoms. The van der Waals surface area contributed by atoms with Gasteiger partial charge in [-0.15, -0.1) is 0 Å². The monoisotopic (exact) mass is 810 g/mol. The van der Waals surface area contributed by atoms with Crippen LogP contribution in [0.25, 0.3) is 0 Å². The molecule has 3 aliphatic rings. The first-order valence-electron chi connectivity index (χ1n) is 19.0. The number of nitrogens with one attached hydrogen (secondary N) is 2. The highest BCUT2D eigenvalue weighted by atomic mass is 35.5. The number of imide groups is 2. The molecule has 296 valence electrons. The van der Waals surface area contributed by atoms with Gasteiger partial charge in [-0.1, -0.05) is 54.1 Å². The standard InChI is InChI=1S/C42H44ClN6O7P/c1-56-34-23-29(13-11-26(34)22-36-44-24-31(43)32(46-36)21-27-7-4-5-10-35(27)57(2,3)55)48-19-17-28(18-20-48)45-37(50)15-12-25-8-6-9-30-39(25)42(54)49(41(30)53)33-14-16-38(51)47-40(33)52/h4-11,13,23-24,28,33H,12,14-22H2,1-3H3,(H,45,50)(H,47,51,52). The number of methoxy groups -OCH3 is 1. The van der Waals surface area contributed by atoms with E-state index in [2.05, 4.69) is 26.6 Å². The number of fused-ring (bicyclic) bond motifs is 1. The largest absolute Gasteiger partial charge is 0.496 e. The molecule has 0 radical (unpaired) electrons. The van der Waals surface area contributed by atoms with E-state index in [-0.39, 0.29) is 48.8 Å². The van der Waals surface area contributed by atoms with Gasteiger partial charge in [0.1, 0.15) is 24.8 Å². The summed E-state index contributed by atoms with van der Waals surface area (Å²) in [6.45, 7) is 4.96. The summed E-state index contributed by atoms with van der Waals surface area (Å²) in [5, 5.41) is 6.61. The van der Waals surface area contributed by atoms with Crippen LogP contribution in [-0.4, -0.2) is 90.0 Å². The first-order chi connectivity index (χ1) is 27.3. The summed E-state index contributed by atoms with van der Waals surface area (Å²) < 4.78 is 18.7. The fourth-order valence-electron chi connectivity index (χ4n) is 7.89. The summed E-state index contributed by atoms with van der Waals surface area (Å²) in [5.74, 6) is -1.09. The fraction of sp³-hybridized carbons (Fsp3) is 0.357.